The van der Waals surface area contributed by atoms with Crippen LogP contribution in [0.5, 0.6) is 0 Å². The average Bonchev–Trinajstić information content (AvgIpc) is 2.47. The van der Waals surface area contributed by atoms with Crippen LogP contribution in [0.25, 0.3) is 0 Å². The molecular formula is C16H22N2O. The lowest BCUT2D eigenvalue weighted by Crippen LogP contribution is -2.41. The fourth-order valence-electron chi connectivity index (χ4n) is 2.38. The lowest BCUT2D eigenvalue weighted by molar-refractivity contribution is -0.125. The molecule has 1 amide bonds. The minimum Gasteiger partial charge on any atom is -0.353 e. The van der Waals surface area contributed by atoms with Crippen molar-refractivity contribution in [2.24, 2.45) is 11.7 Å². The van der Waals surface area contributed by atoms with E-state index in [0.717, 1.165) is 24.8 Å². The van der Waals surface area contributed by atoms with Crippen molar-refractivity contribution in [2.45, 2.75) is 38.3 Å². The summed E-state index contributed by atoms with van der Waals surface area (Å²) in [7, 11) is 0. The Morgan fingerprint density at radius 1 is 1.32 bits per heavy atom. The largest absolute Gasteiger partial charge is 0.353 e. The Kier molecular flexibility index (Phi) is 4.74. The van der Waals surface area contributed by atoms with Crippen LogP contribution in [0.3, 0.4) is 0 Å². The highest BCUT2D eigenvalue weighted by atomic mass is 16.1. The number of carbonyl (C=O) groups excluding carboxylic acids is 1. The van der Waals surface area contributed by atoms with E-state index in [2.05, 4.69) is 17.5 Å². The molecule has 3 unspecified atom stereocenters. The van der Waals surface area contributed by atoms with Crippen LogP contribution in [0.4, 0.5) is 0 Å². The minimum atomic E-state index is -0.250. The molecule has 102 valence electrons. The normalized spacial score (nSPS) is 21.7. The molecule has 0 saturated carbocycles. The third-order valence-corrected chi connectivity index (χ3v) is 3.75. The van der Waals surface area contributed by atoms with E-state index in [0.29, 0.717) is 0 Å². The Hall–Kier alpha value is -1.61. The molecule has 0 bridgehead atoms. The lowest BCUT2D eigenvalue weighted by Gasteiger charge is -2.24. The summed E-state index contributed by atoms with van der Waals surface area (Å²) in [6.07, 6.45) is 7.30. The number of benzene rings is 1. The summed E-state index contributed by atoms with van der Waals surface area (Å²) >= 11 is 0. The summed E-state index contributed by atoms with van der Waals surface area (Å²) in [4.78, 5) is 12.2. The molecule has 3 heteroatoms. The van der Waals surface area contributed by atoms with Gasteiger partial charge < -0.3 is 11.1 Å². The molecule has 0 radical (unpaired) electrons. The summed E-state index contributed by atoms with van der Waals surface area (Å²) in [5, 5.41) is 3.10. The molecule has 0 fully saturated rings. The molecule has 1 aromatic carbocycles. The number of allylic oxidation sites excluding steroid dienone is 1. The second kappa shape index (κ2) is 6.53. The summed E-state index contributed by atoms with van der Waals surface area (Å²) in [5.41, 5.74) is 7.18. The smallest absolute Gasteiger partial charge is 0.224 e. The van der Waals surface area contributed by atoms with Crippen LogP contribution in [-0.2, 0) is 4.79 Å². The molecule has 1 aromatic rings. The zero-order valence-electron chi connectivity index (χ0n) is 11.4. The SMILES string of the molecule is CC(C(=O)NC1CC=CCC1)C(N)c1ccccc1. The van der Waals surface area contributed by atoms with E-state index in [1.807, 2.05) is 37.3 Å². The van der Waals surface area contributed by atoms with Gasteiger partial charge in [0.2, 0.25) is 5.91 Å². The number of rotatable bonds is 4. The first-order valence-electron chi connectivity index (χ1n) is 6.94. The molecule has 19 heavy (non-hydrogen) atoms. The van der Waals surface area contributed by atoms with Gasteiger partial charge in [0.15, 0.2) is 0 Å². The molecule has 0 heterocycles. The van der Waals surface area contributed by atoms with Crippen LogP contribution in [0, 0.1) is 5.92 Å². The van der Waals surface area contributed by atoms with Crippen molar-refractivity contribution in [3.05, 3.63) is 48.0 Å². The summed E-state index contributed by atoms with van der Waals surface area (Å²) in [5.74, 6) is -0.162. The Morgan fingerprint density at radius 2 is 2.05 bits per heavy atom. The average molecular weight is 258 g/mol. The molecule has 0 aromatic heterocycles. The fourth-order valence-corrected chi connectivity index (χ4v) is 2.38. The van der Waals surface area contributed by atoms with Gasteiger partial charge in [0.25, 0.3) is 0 Å². The molecular weight excluding hydrogens is 236 g/mol. The second-order valence-electron chi connectivity index (χ2n) is 5.22. The first-order valence-corrected chi connectivity index (χ1v) is 6.94. The van der Waals surface area contributed by atoms with Crippen LogP contribution < -0.4 is 11.1 Å². The predicted molar refractivity (Wildman–Crippen MR) is 77.5 cm³/mol. The van der Waals surface area contributed by atoms with E-state index >= 15 is 0 Å². The van der Waals surface area contributed by atoms with E-state index < -0.39 is 0 Å². The van der Waals surface area contributed by atoms with Crippen LogP contribution in [0.2, 0.25) is 0 Å². The third kappa shape index (κ3) is 3.67. The van der Waals surface area contributed by atoms with Gasteiger partial charge in [-0.15, -0.1) is 0 Å². The van der Waals surface area contributed by atoms with Crippen LogP contribution in [0.1, 0.15) is 37.8 Å². The first-order chi connectivity index (χ1) is 9.18. The van der Waals surface area contributed by atoms with E-state index in [1.54, 1.807) is 0 Å². The second-order valence-corrected chi connectivity index (χ2v) is 5.22. The van der Waals surface area contributed by atoms with Crippen molar-refractivity contribution < 1.29 is 4.79 Å². The topological polar surface area (TPSA) is 55.1 Å². The number of nitrogens with two attached hydrogens (primary N) is 1. The van der Waals surface area contributed by atoms with Crippen molar-refractivity contribution in [1.82, 2.24) is 5.32 Å². The zero-order chi connectivity index (χ0) is 13.7. The van der Waals surface area contributed by atoms with Crippen LogP contribution in [0.15, 0.2) is 42.5 Å². The van der Waals surface area contributed by atoms with E-state index in [1.165, 1.54) is 0 Å². The van der Waals surface area contributed by atoms with E-state index in [4.69, 9.17) is 5.73 Å². The van der Waals surface area contributed by atoms with Gasteiger partial charge in [0.05, 0.1) is 5.92 Å². The molecule has 0 aliphatic heterocycles. The van der Waals surface area contributed by atoms with Gasteiger partial charge in [0, 0.05) is 12.1 Å². The predicted octanol–water partition coefficient (Wildman–Crippen LogP) is 2.55. The van der Waals surface area contributed by atoms with Gasteiger partial charge in [-0.3, -0.25) is 4.79 Å². The molecule has 0 spiro atoms. The monoisotopic (exact) mass is 258 g/mol. The minimum absolute atomic E-state index is 0.0525. The van der Waals surface area contributed by atoms with Crippen molar-refractivity contribution >= 4 is 5.91 Å². The highest BCUT2D eigenvalue weighted by Crippen LogP contribution is 2.20. The Balaban J connectivity index is 1.93. The number of carbonyl (C=O) groups is 1. The summed E-state index contributed by atoms with van der Waals surface area (Å²) in [6, 6.07) is 9.81. The van der Waals surface area contributed by atoms with Crippen molar-refractivity contribution in [2.75, 3.05) is 0 Å². The van der Waals surface area contributed by atoms with Gasteiger partial charge in [-0.1, -0.05) is 49.4 Å². The molecule has 1 aliphatic carbocycles. The Morgan fingerprint density at radius 3 is 2.68 bits per heavy atom. The van der Waals surface area contributed by atoms with E-state index in [9.17, 15) is 4.79 Å². The molecule has 3 N–H and O–H groups in total. The number of hydrogen-bond acceptors (Lipinski definition) is 2. The van der Waals surface area contributed by atoms with Gasteiger partial charge in [-0.05, 0) is 24.8 Å². The summed E-state index contributed by atoms with van der Waals surface area (Å²) in [6.45, 7) is 1.89. The van der Waals surface area contributed by atoms with Gasteiger partial charge in [-0.25, -0.2) is 0 Å². The molecule has 1 aliphatic rings. The highest BCUT2D eigenvalue weighted by Gasteiger charge is 2.24. The van der Waals surface area contributed by atoms with Crippen LogP contribution >= 0.6 is 0 Å². The number of amides is 1. The van der Waals surface area contributed by atoms with Crippen molar-refractivity contribution in [1.29, 1.82) is 0 Å². The fraction of sp³-hybridized carbons (Fsp3) is 0.438. The van der Waals surface area contributed by atoms with Gasteiger partial charge >= 0.3 is 0 Å². The molecule has 2 rings (SSSR count). The number of nitrogens with one attached hydrogen (secondary N) is 1. The van der Waals surface area contributed by atoms with Gasteiger partial charge in [0.1, 0.15) is 0 Å². The molecule has 3 nitrogen and oxygen atoms in total. The summed E-state index contributed by atoms with van der Waals surface area (Å²) < 4.78 is 0. The lowest BCUT2D eigenvalue weighted by atomic mass is 9.93. The van der Waals surface area contributed by atoms with Crippen molar-refractivity contribution in [3.8, 4) is 0 Å². The maximum atomic E-state index is 12.2. The zero-order valence-corrected chi connectivity index (χ0v) is 11.4. The third-order valence-electron chi connectivity index (χ3n) is 3.75. The van der Waals surface area contributed by atoms with Gasteiger partial charge in [-0.2, -0.15) is 0 Å². The number of hydrogen-bond donors (Lipinski definition) is 2. The Labute approximate surface area is 114 Å². The van der Waals surface area contributed by atoms with Crippen LogP contribution in [-0.4, -0.2) is 11.9 Å². The quantitative estimate of drug-likeness (QED) is 0.815. The molecule has 0 saturated heterocycles. The Bertz CT molecular complexity index is 441. The van der Waals surface area contributed by atoms with Crippen molar-refractivity contribution in [3.63, 3.8) is 0 Å². The first kappa shape index (κ1) is 13.8. The maximum Gasteiger partial charge on any atom is 0.224 e. The standard InChI is InChI=1S/C16H22N2O/c1-12(15(17)13-8-4-2-5-9-13)16(19)18-14-10-6-3-7-11-14/h2-6,8-9,12,14-15H,7,10-11,17H2,1H3,(H,18,19). The maximum absolute atomic E-state index is 12.2. The molecule has 3 atom stereocenters. The highest BCUT2D eigenvalue weighted by molar-refractivity contribution is 5.79. The van der Waals surface area contributed by atoms with E-state index in [-0.39, 0.29) is 23.9 Å².